The van der Waals surface area contributed by atoms with E-state index in [1.165, 1.54) is 22.6 Å². The molecule has 7 heteroatoms. The van der Waals surface area contributed by atoms with E-state index in [1.54, 1.807) is 23.5 Å². The van der Waals surface area contributed by atoms with Crippen LogP contribution in [0.15, 0.2) is 70.9 Å². The molecule has 1 aliphatic carbocycles. The predicted octanol–water partition coefficient (Wildman–Crippen LogP) is 3.98. The topological polar surface area (TPSA) is 66.5 Å². The van der Waals surface area contributed by atoms with E-state index in [9.17, 15) is 13.2 Å². The fourth-order valence-electron chi connectivity index (χ4n) is 3.96. The summed E-state index contributed by atoms with van der Waals surface area (Å²) in [7, 11) is -3.52. The maximum absolute atomic E-state index is 13.4. The zero-order chi connectivity index (χ0) is 20.7. The molecular weight excluding hydrogens is 416 g/mol. The van der Waals surface area contributed by atoms with Crippen molar-refractivity contribution >= 4 is 27.3 Å². The minimum atomic E-state index is -3.52. The Morgan fingerprint density at radius 2 is 1.73 bits per heavy atom. The lowest BCUT2D eigenvalue weighted by Crippen LogP contribution is -2.40. The van der Waals surface area contributed by atoms with Gasteiger partial charge in [0.15, 0.2) is 0 Å². The number of benzene rings is 2. The fourth-order valence-corrected chi connectivity index (χ4v) is 6.17. The van der Waals surface area contributed by atoms with Gasteiger partial charge in [0, 0.05) is 23.0 Å². The molecule has 0 spiro atoms. The molecule has 0 bridgehead atoms. The number of hydrogen-bond donors (Lipinski definition) is 1. The van der Waals surface area contributed by atoms with Crippen LogP contribution in [0.2, 0.25) is 0 Å². The Morgan fingerprint density at radius 1 is 1.00 bits per heavy atom. The van der Waals surface area contributed by atoms with Gasteiger partial charge >= 0.3 is 0 Å². The first-order valence-electron chi connectivity index (χ1n) is 10.1. The van der Waals surface area contributed by atoms with Crippen molar-refractivity contribution in [1.29, 1.82) is 0 Å². The first kappa shape index (κ1) is 19.5. The molecule has 3 aromatic rings. The van der Waals surface area contributed by atoms with Gasteiger partial charge in [-0.25, -0.2) is 13.1 Å². The number of carbonyl (C=O) groups is 1. The largest absolute Gasteiger partial charge is 0.327 e. The second kappa shape index (κ2) is 7.65. The summed E-state index contributed by atoms with van der Waals surface area (Å²) in [5, 5.41) is 2.08. The minimum Gasteiger partial charge on any atom is -0.327 e. The van der Waals surface area contributed by atoms with Crippen LogP contribution in [-0.4, -0.2) is 31.8 Å². The first-order chi connectivity index (χ1) is 14.5. The molecule has 1 aliphatic heterocycles. The van der Waals surface area contributed by atoms with E-state index in [4.69, 9.17) is 0 Å². The summed E-state index contributed by atoms with van der Waals surface area (Å²) in [5.74, 6) is -0.0835. The molecule has 5 rings (SSSR count). The van der Waals surface area contributed by atoms with Crippen LogP contribution in [0.4, 0.5) is 0 Å². The molecule has 1 atom stereocenters. The Bertz CT molecular complexity index is 1170. The Morgan fingerprint density at radius 3 is 2.43 bits per heavy atom. The van der Waals surface area contributed by atoms with Crippen molar-refractivity contribution in [2.75, 3.05) is 6.54 Å². The van der Waals surface area contributed by atoms with Gasteiger partial charge in [0.1, 0.15) is 0 Å². The molecule has 154 valence electrons. The van der Waals surface area contributed by atoms with Crippen molar-refractivity contribution in [3.05, 3.63) is 87.6 Å². The summed E-state index contributed by atoms with van der Waals surface area (Å²) >= 11 is 1.74. The van der Waals surface area contributed by atoms with Gasteiger partial charge in [-0.15, -0.1) is 11.3 Å². The Kier molecular flexibility index (Phi) is 4.97. The molecule has 30 heavy (non-hydrogen) atoms. The number of nitrogens with zero attached hydrogens (tertiary/aromatic N) is 1. The fraction of sp³-hybridized carbons (Fsp3) is 0.261. The molecular formula is C23H22N2O3S2. The Hall–Kier alpha value is -2.48. The average molecular weight is 439 g/mol. The van der Waals surface area contributed by atoms with Crippen LogP contribution in [0.5, 0.6) is 0 Å². The molecule has 2 heterocycles. The average Bonchev–Trinajstić information content (AvgIpc) is 3.44. The summed E-state index contributed by atoms with van der Waals surface area (Å²) in [6, 6.07) is 18.4. The third kappa shape index (κ3) is 3.69. The predicted molar refractivity (Wildman–Crippen MR) is 117 cm³/mol. The molecule has 1 amide bonds. The molecule has 0 radical (unpaired) electrons. The Labute approximate surface area is 180 Å². The van der Waals surface area contributed by atoms with Crippen molar-refractivity contribution in [2.45, 2.75) is 36.2 Å². The van der Waals surface area contributed by atoms with Crippen molar-refractivity contribution in [3.63, 3.8) is 0 Å². The SMILES string of the molecule is O=C(c1ccc(S(=O)(=O)NC2CC2)cc1)N1CCc2sccc2C1c1ccccc1. The maximum Gasteiger partial charge on any atom is 0.254 e. The van der Waals surface area contributed by atoms with Gasteiger partial charge in [0.05, 0.1) is 10.9 Å². The van der Waals surface area contributed by atoms with Crippen LogP contribution < -0.4 is 4.72 Å². The second-order valence-corrected chi connectivity index (χ2v) is 10.5. The van der Waals surface area contributed by atoms with Gasteiger partial charge in [-0.2, -0.15) is 0 Å². The zero-order valence-corrected chi connectivity index (χ0v) is 18.0. The summed E-state index contributed by atoms with van der Waals surface area (Å²) in [4.78, 5) is 16.8. The molecule has 1 fully saturated rings. The van der Waals surface area contributed by atoms with Crippen LogP contribution >= 0.6 is 11.3 Å². The zero-order valence-electron chi connectivity index (χ0n) is 16.3. The van der Waals surface area contributed by atoms with Crippen molar-refractivity contribution in [1.82, 2.24) is 9.62 Å². The van der Waals surface area contributed by atoms with E-state index < -0.39 is 10.0 Å². The van der Waals surface area contributed by atoms with Gasteiger partial charge in [-0.05, 0) is 66.1 Å². The minimum absolute atomic E-state index is 0.0519. The second-order valence-electron chi connectivity index (χ2n) is 7.78. The van der Waals surface area contributed by atoms with Crippen LogP contribution in [0.1, 0.15) is 45.2 Å². The van der Waals surface area contributed by atoms with Crippen molar-refractivity contribution in [2.24, 2.45) is 0 Å². The maximum atomic E-state index is 13.4. The molecule has 0 saturated heterocycles. The van der Waals surface area contributed by atoms with Crippen LogP contribution in [0, 0.1) is 0 Å². The highest BCUT2D eigenvalue weighted by Crippen LogP contribution is 2.38. The number of thiophene rings is 1. The summed E-state index contributed by atoms with van der Waals surface area (Å²) in [5.41, 5.74) is 2.76. The number of rotatable bonds is 5. The standard InChI is InChI=1S/C23H22N2O3S2/c26-23(17-6-10-19(11-7-17)30(27,28)24-18-8-9-18)25-14-12-21-20(13-15-29-21)22(25)16-4-2-1-3-5-16/h1-7,10-11,13,15,18,22,24H,8-9,12,14H2. The highest BCUT2D eigenvalue weighted by molar-refractivity contribution is 7.89. The molecule has 1 N–H and O–H groups in total. The van der Waals surface area contributed by atoms with Crippen LogP contribution in [-0.2, 0) is 16.4 Å². The number of carbonyl (C=O) groups excluding carboxylic acids is 1. The summed E-state index contributed by atoms with van der Waals surface area (Å²) < 4.78 is 27.5. The first-order valence-corrected chi connectivity index (χ1v) is 12.4. The van der Waals surface area contributed by atoms with E-state index in [-0.39, 0.29) is 22.9 Å². The van der Waals surface area contributed by atoms with Crippen LogP contribution in [0.3, 0.4) is 0 Å². The normalized spacial score (nSPS) is 18.8. The number of sulfonamides is 1. The smallest absolute Gasteiger partial charge is 0.254 e. The van der Waals surface area contributed by atoms with Crippen molar-refractivity contribution < 1.29 is 13.2 Å². The molecule has 2 aliphatic rings. The van der Waals surface area contributed by atoms with Gasteiger partial charge in [0.25, 0.3) is 5.91 Å². The lowest BCUT2D eigenvalue weighted by atomic mass is 9.92. The van der Waals surface area contributed by atoms with E-state index in [0.717, 1.165) is 24.8 Å². The van der Waals surface area contributed by atoms with Gasteiger partial charge in [0.2, 0.25) is 10.0 Å². The van der Waals surface area contributed by atoms with E-state index in [2.05, 4.69) is 28.3 Å². The van der Waals surface area contributed by atoms with E-state index in [0.29, 0.717) is 12.1 Å². The molecule has 1 unspecified atom stereocenters. The Balaban J connectivity index is 1.45. The monoisotopic (exact) mass is 438 g/mol. The molecule has 5 nitrogen and oxygen atoms in total. The van der Waals surface area contributed by atoms with E-state index >= 15 is 0 Å². The number of fused-ring (bicyclic) bond motifs is 1. The van der Waals surface area contributed by atoms with Gasteiger partial charge in [-0.1, -0.05) is 30.3 Å². The molecule has 2 aromatic carbocycles. The summed E-state index contributed by atoms with van der Waals surface area (Å²) in [6.07, 6.45) is 2.60. The van der Waals surface area contributed by atoms with E-state index in [1.807, 2.05) is 23.1 Å². The number of hydrogen-bond acceptors (Lipinski definition) is 4. The lowest BCUT2D eigenvalue weighted by Gasteiger charge is -2.36. The highest BCUT2D eigenvalue weighted by Gasteiger charge is 2.33. The molecule has 1 aromatic heterocycles. The number of nitrogens with one attached hydrogen (secondary N) is 1. The highest BCUT2D eigenvalue weighted by atomic mass is 32.2. The third-order valence-electron chi connectivity index (χ3n) is 5.65. The van der Waals surface area contributed by atoms with Gasteiger partial charge in [-0.3, -0.25) is 4.79 Å². The van der Waals surface area contributed by atoms with Crippen molar-refractivity contribution in [3.8, 4) is 0 Å². The lowest BCUT2D eigenvalue weighted by molar-refractivity contribution is 0.0696. The van der Waals surface area contributed by atoms with Gasteiger partial charge < -0.3 is 4.90 Å². The summed E-state index contributed by atoms with van der Waals surface area (Å²) in [6.45, 7) is 0.634. The third-order valence-corrected chi connectivity index (χ3v) is 8.19. The molecule has 1 saturated carbocycles. The van der Waals surface area contributed by atoms with Crippen LogP contribution in [0.25, 0.3) is 0 Å². The quantitative estimate of drug-likeness (QED) is 0.655. The number of amides is 1.